The van der Waals surface area contributed by atoms with Gasteiger partial charge in [0.1, 0.15) is 5.71 Å². The zero-order valence-electron chi connectivity index (χ0n) is 12.8. The second-order valence-corrected chi connectivity index (χ2v) is 7.42. The standard InChI is InChI=1S/C14H15ClN4O3S/c1-7(20)17-14(2,3)13-16-12(22-19-13)9-6-8(18-21-9)10-4-5-11(15)23-10/h4-5,9H,6H2,1-3H3,(H,17,20). The number of nitrogens with zero attached hydrogens (tertiary/aromatic N) is 3. The highest BCUT2D eigenvalue weighted by atomic mass is 35.5. The Morgan fingerprint density at radius 3 is 2.91 bits per heavy atom. The molecule has 0 saturated heterocycles. The summed E-state index contributed by atoms with van der Waals surface area (Å²) in [4.78, 5) is 21.9. The normalized spacial score (nSPS) is 17.7. The first kappa shape index (κ1) is 15.9. The number of hydrogen-bond donors (Lipinski definition) is 1. The predicted molar refractivity (Wildman–Crippen MR) is 85.4 cm³/mol. The quantitative estimate of drug-likeness (QED) is 0.911. The Balaban J connectivity index is 1.72. The van der Waals surface area contributed by atoms with Gasteiger partial charge in [-0.3, -0.25) is 4.79 Å². The van der Waals surface area contributed by atoms with Crippen molar-refractivity contribution in [3.05, 3.63) is 33.1 Å². The van der Waals surface area contributed by atoms with Gasteiger partial charge in [-0.1, -0.05) is 21.9 Å². The van der Waals surface area contributed by atoms with Gasteiger partial charge in [-0.2, -0.15) is 4.98 Å². The molecular weight excluding hydrogens is 340 g/mol. The Labute approximate surface area is 141 Å². The number of thiophene rings is 1. The highest BCUT2D eigenvalue weighted by Gasteiger charge is 2.33. The van der Waals surface area contributed by atoms with Crippen LogP contribution in [0.2, 0.25) is 4.34 Å². The van der Waals surface area contributed by atoms with Crippen molar-refractivity contribution in [3.63, 3.8) is 0 Å². The van der Waals surface area contributed by atoms with Crippen LogP contribution in [0.1, 0.15) is 49.9 Å². The summed E-state index contributed by atoms with van der Waals surface area (Å²) in [6.45, 7) is 5.04. The summed E-state index contributed by atoms with van der Waals surface area (Å²) in [5.41, 5.74) is 0.0738. The molecule has 122 valence electrons. The van der Waals surface area contributed by atoms with Crippen LogP contribution >= 0.6 is 22.9 Å². The summed E-state index contributed by atoms with van der Waals surface area (Å²) >= 11 is 7.37. The summed E-state index contributed by atoms with van der Waals surface area (Å²) in [6, 6.07) is 3.72. The van der Waals surface area contributed by atoms with Crippen LogP contribution in [0.3, 0.4) is 0 Å². The maximum Gasteiger partial charge on any atom is 0.271 e. The molecule has 0 fully saturated rings. The van der Waals surface area contributed by atoms with Crippen LogP contribution in [0.25, 0.3) is 0 Å². The van der Waals surface area contributed by atoms with Crippen molar-refractivity contribution in [2.45, 2.75) is 38.8 Å². The number of hydrogen-bond acceptors (Lipinski definition) is 7. The fraction of sp³-hybridized carbons (Fsp3) is 0.429. The molecule has 1 amide bonds. The Bertz CT molecular complexity index is 768. The molecule has 0 aromatic carbocycles. The van der Waals surface area contributed by atoms with E-state index in [9.17, 15) is 4.79 Å². The second kappa shape index (κ2) is 5.93. The average molecular weight is 355 g/mol. The number of aromatic nitrogens is 2. The molecule has 1 atom stereocenters. The van der Waals surface area contributed by atoms with Gasteiger partial charge in [0.15, 0.2) is 5.82 Å². The average Bonchev–Trinajstić information content (AvgIpc) is 3.16. The number of carbonyl (C=O) groups excluding carboxylic acids is 1. The molecule has 0 aliphatic carbocycles. The summed E-state index contributed by atoms with van der Waals surface area (Å²) in [6.07, 6.45) is 0.0965. The van der Waals surface area contributed by atoms with Crippen molar-refractivity contribution in [2.75, 3.05) is 0 Å². The molecule has 0 bridgehead atoms. The summed E-state index contributed by atoms with van der Waals surface area (Å²) in [7, 11) is 0. The highest BCUT2D eigenvalue weighted by Crippen LogP contribution is 2.32. The fourth-order valence-electron chi connectivity index (χ4n) is 2.24. The maximum atomic E-state index is 11.2. The van der Waals surface area contributed by atoms with Gasteiger partial charge < -0.3 is 14.7 Å². The van der Waals surface area contributed by atoms with Gasteiger partial charge in [0.05, 0.1) is 14.8 Å². The van der Waals surface area contributed by atoms with Gasteiger partial charge in [0, 0.05) is 13.3 Å². The first-order valence-electron chi connectivity index (χ1n) is 6.96. The third-order valence-corrected chi connectivity index (χ3v) is 4.57. The van der Waals surface area contributed by atoms with Gasteiger partial charge in [0.2, 0.25) is 12.0 Å². The topological polar surface area (TPSA) is 89.6 Å². The summed E-state index contributed by atoms with van der Waals surface area (Å²) in [5.74, 6) is 0.553. The molecule has 1 aliphatic heterocycles. The number of halogens is 1. The minimum atomic E-state index is -0.725. The Kier molecular flexibility index (Phi) is 4.11. The van der Waals surface area contributed by atoms with E-state index in [-0.39, 0.29) is 5.91 Å². The van der Waals surface area contributed by atoms with Gasteiger partial charge >= 0.3 is 0 Å². The first-order chi connectivity index (χ1) is 10.8. The lowest BCUT2D eigenvalue weighted by atomic mass is 10.1. The van der Waals surface area contributed by atoms with Crippen molar-refractivity contribution >= 4 is 34.6 Å². The molecule has 0 saturated carbocycles. The largest absolute Gasteiger partial charge is 0.382 e. The van der Waals surface area contributed by atoms with Gasteiger partial charge in [-0.25, -0.2) is 0 Å². The van der Waals surface area contributed by atoms with Crippen LogP contribution in [0.15, 0.2) is 21.8 Å². The summed E-state index contributed by atoms with van der Waals surface area (Å²) in [5, 5.41) is 10.8. The molecule has 7 nitrogen and oxygen atoms in total. The number of rotatable bonds is 4. The lowest BCUT2D eigenvalue weighted by Gasteiger charge is -2.20. The van der Waals surface area contributed by atoms with E-state index in [1.165, 1.54) is 18.3 Å². The third-order valence-electron chi connectivity index (χ3n) is 3.29. The number of amides is 1. The van der Waals surface area contributed by atoms with E-state index in [4.69, 9.17) is 21.0 Å². The molecule has 9 heteroatoms. The second-order valence-electron chi connectivity index (χ2n) is 5.70. The number of carbonyl (C=O) groups is 1. The number of oxime groups is 1. The van der Waals surface area contributed by atoms with E-state index in [1.54, 1.807) is 13.8 Å². The lowest BCUT2D eigenvalue weighted by Crippen LogP contribution is -2.40. The van der Waals surface area contributed by atoms with Gasteiger partial charge in [0.25, 0.3) is 5.89 Å². The first-order valence-corrected chi connectivity index (χ1v) is 8.16. The third kappa shape index (κ3) is 3.37. The molecular formula is C14H15ClN4O3S. The molecule has 1 N–H and O–H groups in total. The molecule has 3 heterocycles. The van der Waals surface area contributed by atoms with Crippen LogP contribution in [0.4, 0.5) is 0 Å². The van der Waals surface area contributed by atoms with Crippen molar-refractivity contribution in [1.29, 1.82) is 0 Å². The van der Waals surface area contributed by atoms with E-state index in [1.807, 2.05) is 12.1 Å². The zero-order chi connectivity index (χ0) is 16.6. The van der Waals surface area contributed by atoms with E-state index < -0.39 is 11.6 Å². The van der Waals surface area contributed by atoms with E-state index in [2.05, 4.69) is 20.6 Å². The molecule has 0 radical (unpaired) electrons. The minimum absolute atomic E-state index is 0.168. The highest BCUT2D eigenvalue weighted by molar-refractivity contribution is 7.18. The Morgan fingerprint density at radius 1 is 1.48 bits per heavy atom. The summed E-state index contributed by atoms with van der Waals surface area (Å²) < 4.78 is 5.97. The lowest BCUT2D eigenvalue weighted by molar-refractivity contribution is -0.120. The Hall–Kier alpha value is -1.93. The number of nitrogens with one attached hydrogen (secondary N) is 1. The maximum absolute atomic E-state index is 11.2. The predicted octanol–water partition coefficient (Wildman–Crippen LogP) is 3.02. The monoisotopic (exact) mass is 354 g/mol. The molecule has 2 aromatic heterocycles. The smallest absolute Gasteiger partial charge is 0.271 e. The van der Waals surface area contributed by atoms with Crippen LogP contribution in [-0.2, 0) is 15.2 Å². The molecule has 2 aromatic rings. The minimum Gasteiger partial charge on any atom is -0.382 e. The van der Waals surface area contributed by atoms with Crippen molar-refractivity contribution in [1.82, 2.24) is 15.5 Å². The van der Waals surface area contributed by atoms with E-state index >= 15 is 0 Å². The van der Waals surface area contributed by atoms with E-state index in [0.29, 0.717) is 22.5 Å². The van der Waals surface area contributed by atoms with Crippen LogP contribution < -0.4 is 5.32 Å². The van der Waals surface area contributed by atoms with Crippen molar-refractivity contribution in [3.8, 4) is 0 Å². The molecule has 0 spiro atoms. The van der Waals surface area contributed by atoms with Crippen LogP contribution in [-0.4, -0.2) is 21.8 Å². The Morgan fingerprint density at radius 2 is 2.26 bits per heavy atom. The van der Waals surface area contributed by atoms with Gasteiger partial charge in [-0.05, 0) is 26.0 Å². The van der Waals surface area contributed by atoms with Crippen molar-refractivity contribution in [2.24, 2.45) is 5.16 Å². The zero-order valence-corrected chi connectivity index (χ0v) is 14.4. The van der Waals surface area contributed by atoms with Crippen LogP contribution in [0, 0.1) is 0 Å². The molecule has 1 aliphatic rings. The van der Waals surface area contributed by atoms with Gasteiger partial charge in [-0.15, -0.1) is 11.3 Å². The molecule has 23 heavy (non-hydrogen) atoms. The van der Waals surface area contributed by atoms with Crippen molar-refractivity contribution < 1.29 is 14.2 Å². The van der Waals surface area contributed by atoms with E-state index in [0.717, 1.165) is 10.6 Å². The molecule has 1 unspecified atom stereocenters. The molecule has 3 rings (SSSR count). The SMILES string of the molecule is CC(=O)NC(C)(C)c1noc(C2CC(c3ccc(Cl)s3)=NO2)n1. The van der Waals surface area contributed by atoms with Crippen LogP contribution in [0.5, 0.6) is 0 Å². The fourth-order valence-corrected chi connectivity index (χ4v) is 3.27.